The Labute approximate surface area is 135 Å². The molecule has 0 aromatic carbocycles. The van der Waals surface area contributed by atoms with Crippen LogP contribution < -0.4 is 0 Å². The SMILES string of the molecule is CN(C)S(=O)(=O)N1CC[C@@H](Cc2cncc(-c3ccn[nH]3)n2)C1. The fourth-order valence-corrected chi connectivity index (χ4v) is 3.93. The van der Waals surface area contributed by atoms with E-state index in [4.69, 9.17) is 0 Å². The van der Waals surface area contributed by atoms with E-state index < -0.39 is 10.2 Å². The molecule has 2 aromatic rings. The normalized spacial score (nSPS) is 19.5. The Morgan fingerprint density at radius 1 is 1.39 bits per heavy atom. The van der Waals surface area contributed by atoms with E-state index in [2.05, 4.69) is 20.2 Å². The average molecular weight is 336 g/mol. The van der Waals surface area contributed by atoms with Gasteiger partial charge in [0, 0.05) is 39.6 Å². The average Bonchev–Trinajstić information content (AvgIpc) is 3.19. The Bertz CT molecular complexity index is 759. The van der Waals surface area contributed by atoms with Crippen molar-refractivity contribution in [3.63, 3.8) is 0 Å². The van der Waals surface area contributed by atoms with E-state index in [-0.39, 0.29) is 5.92 Å². The highest BCUT2D eigenvalue weighted by Gasteiger charge is 2.32. The van der Waals surface area contributed by atoms with Crippen molar-refractivity contribution < 1.29 is 8.42 Å². The van der Waals surface area contributed by atoms with E-state index >= 15 is 0 Å². The molecule has 1 saturated heterocycles. The van der Waals surface area contributed by atoms with Gasteiger partial charge in [0.15, 0.2) is 0 Å². The van der Waals surface area contributed by atoms with Crippen LogP contribution in [0, 0.1) is 5.92 Å². The van der Waals surface area contributed by atoms with Gasteiger partial charge in [-0.3, -0.25) is 10.1 Å². The second kappa shape index (κ2) is 6.34. The minimum atomic E-state index is -3.33. The van der Waals surface area contributed by atoms with Crippen LogP contribution in [0.15, 0.2) is 24.7 Å². The summed E-state index contributed by atoms with van der Waals surface area (Å²) in [6.07, 6.45) is 6.65. The lowest BCUT2D eigenvalue weighted by atomic mass is 10.0. The lowest BCUT2D eigenvalue weighted by molar-refractivity contribution is 0.409. The Hall–Kier alpha value is -1.84. The van der Waals surface area contributed by atoms with Gasteiger partial charge >= 0.3 is 0 Å². The molecule has 0 radical (unpaired) electrons. The molecule has 8 nitrogen and oxygen atoms in total. The van der Waals surface area contributed by atoms with Crippen molar-refractivity contribution in [2.75, 3.05) is 27.2 Å². The fourth-order valence-electron chi connectivity index (χ4n) is 2.73. The van der Waals surface area contributed by atoms with Crippen molar-refractivity contribution in [1.29, 1.82) is 0 Å². The van der Waals surface area contributed by atoms with Crippen molar-refractivity contribution in [1.82, 2.24) is 28.8 Å². The first kappa shape index (κ1) is 16.0. The van der Waals surface area contributed by atoms with Gasteiger partial charge in [0.25, 0.3) is 10.2 Å². The Balaban J connectivity index is 1.68. The number of hydrogen-bond acceptors (Lipinski definition) is 5. The molecule has 3 heterocycles. The summed E-state index contributed by atoms with van der Waals surface area (Å²) >= 11 is 0. The second-order valence-electron chi connectivity index (χ2n) is 5.87. The highest BCUT2D eigenvalue weighted by molar-refractivity contribution is 7.86. The Kier molecular flexibility index (Phi) is 4.42. The van der Waals surface area contributed by atoms with Gasteiger partial charge in [-0.25, -0.2) is 4.98 Å². The summed E-state index contributed by atoms with van der Waals surface area (Å²) in [6.45, 7) is 1.08. The van der Waals surface area contributed by atoms with Gasteiger partial charge in [-0.05, 0) is 24.8 Å². The number of H-pyrrole nitrogens is 1. The molecular weight excluding hydrogens is 316 g/mol. The lowest BCUT2D eigenvalue weighted by Gasteiger charge is -2.20. The summed E-state index contributed by atoms with van der Waals surface area (Å²) < 4.78 is 27.1. The van der Waals surface area contributed by atoms with Gasteiger partial charge < -0.3 is 0 Å². The first-order valence-corrected chi connectivity index (χ1v) is 8.85. The zero-order chi connectivity index (χ0) is 16.4. The molecule has 0 amide bonds. The van der Waals surface area contributed by atoms with Crippen molar-refractivity contribution in [3.05, 3.63) is 30.4 Å². The molecule has 23 heavy (non-hydrogen) atoms. The third-order valence-corrected chi connectivity index (χ3v) is 5.90. The molecule has 0 spiro atoms. The molecule has 1 aliphatic heterocycles. The minimum Gasteiger partial charge on any atom is -0.276 e. The predicted molar refractivity (Wildman–Crippen MR) is 85.6 cm³/mol. The molecule has 1 atom stereocenters. The van der Waals surface area contributed by atoms with Crippen LogP contribution in [0.4, 0.5) is 0 Å². The summed E-state index contributed by atoms with van der Waals surface area (Å²) in [5, 5.41) is 6.78. The molecule has 9 heteroatoms. The minimum absolute atomic E-state index is 0.260. The molecular formula is C14H20N6O2S. The topological polar surface area (TPSA) is 95.1 Å². The molecule has 2 aromatic heterocycles. The molecule has 1 N–H and O–H groups in total. The number of hydrogen-bond donors (Lipinski definition) is 1. The molecule has 3 rings (SSSR count). The van der Waals surface area contributed by atoms with Gasteiger partial charge in [0.2, 0.25) is 0 Å². The van der Waals surface area contributed by atoms with Gasteiger partial charge in [0.05, 0.1) is 17.6 Å². The monoisotopic (exact) mass is 336 g/mol. The molecule has 124 valence electrons. The number of rotatable bonds is 5. The van der Waals surface area contributed by atoms with E-state index in [1.165, 1.54) is 8.61 Å². The van der Waals surface area contributed by atoms with Crippen molar-refractivity contribution in [2.24, 2.45) is 5.92 Å². The second-order valence-corrected chi connectivity index (χ2v) is 8.02. The molecule has 0 aliphatic carbocycles. The summed E-state index contributed by atoms with van der Waals surface area (Å²) in [7, 11) is -0.213. The molecule has 1 aliphatic rings. The van der Waals surface area contributed by atoms with E-state index in [1.807, 2.05) is 6.07 Å². The van der Waals surface area contributed by atoms with Crippen LogP contribution in [0.5, 0.6) is 0 Å². The molecule has 0 bridgehead atoms. The third kappa shape index (κ3) is 3.41. The standard InChI is InChI=1S/C14H20N6O2S/c1-19(2)23(21,22)20-6-4-11(10-20)7-12-8-15-9-14(17-12)13-3-5-16-18-13/h3,5,8-9,11H,4,6-7,10H2,1-2H3,(H,16,18)/t11-/m0/s1. The van der Waals surface area contributed by atoms with Crippen LogP contribution in [0.3, 0.4) is 0 Å². The number of nitrogens with zero attached hydrogens (tertiary/aromatic N) is 5. The summed E-state index contributed by atoms with van der Waals surface area (Å²) in [6, 6.07) is 1.84. The van der Waals surface area contributed by atoms with Crippen LogP contribution >= 0.6 is 0 Å². The fraction of sp³-hybridized carbons (Fsp3) is 0.500. The predicted octanol–water partition coefficient (Wildman–Crippen LogP) is 0.538. The van der Waals surface area contributed by atoms with Crippen LogP contribution in [0.25, 0.3) is 11.4 Å². The maximum atomic E-state index is 12.2. The highest BCUT2D eigenvalue weighted by atomic mass is 32.2. The van der Waals surface area contributed by atoms with E-state index in [1.54, 1.807) is 32.7 Å². The zero-order valence-electron chi connectivity index (χ0n) is 13.2. The maximum absolute atomic E-state index is 12.2. The molecule has 0 saturated carbocycles. The quantitative estimate of drug-likeness (QED) is 0.860. The Morgan fingerprint density at radius 2 is 2.22 bits per heavy atom. The van der Waals surface area contributed by atoms with Crippen LogP contribution in [0.1, 0.15) is 12.1 Å². The Morgan fingerprint density at radius 3 is 2.91 bits per heavy atom. The van der Waals surface area contributed by atoms with E-state index in [0.717, 1.165) is 23.5 Å². The highest BCUT2D eigenvalue weighted by Crippen LogP contribution is 2.24. The summed E-state index contributed by atoms with van der Waals surface area (Å²) in [5.41, 5.74) is 2.43. The first-order valence-electron chi connectivity index (χ1n) is 7.45. The van der Waals surface area contributed by atoms with Gasteiger partial charge in [-0.1, -0.05) is 0 Å². The van der Waals surface area contributed by atoms with Gasteiger partial charge in [-0.15, -0.1) is 0 Å². The zero-order valence-corrected chi connectivity index (χ0v) is 14.0. The van der Waals surface area contributed by atoms with Crippen molar-refractivity contribution in [3.8, 4) is 11.4 Å². The largest absolute Gasteiger partial charge is 0.281 e. The summed E-state index contributed by atoms with van der Waals surface area (Å²) in [4.78, 5) is 8.82. The maximum Gasteiger partial charge on any atom is 0.281 e. The summed E-state index contributed by atoms with van der Waals surface area (Å²) in [5.74, 6) is 0.260. The third-order valence-electron chi connectivity index (χ3n) is 4.00. The van der Waals surface area contributed by atoms with Crippen molar-refractivity contribution in [2.45, 2.75) is 12.8 Å². The van der Waals surface area contributed by atoms with Gasteiger partial charge in [-0.2, -0.15) is 22.1 Å². The van der Waals surface area contributed by atoms with Crippen LogP contribution in [0.2, 0.25) is 0 Å². The molecule has 0 unspecified atom stereocenters. The van der Waals surface area contributed by atoms with Crippen LogP contribution in [-0.2, 0) is 16.6 Å². The lowest BCUT2D eigenvalue weighted by Crippen LogP contribution is -2.38. The van der Waals surface area contributed by atoms with E-state index in [0.29, 0.717) is 19.5 Å². The van der Waals surface area contributed by atoms with E-state index in [9.17, 15) is 8.42 Å². The first-order chi connectivity index (χ1) is 11.0. The smallest absolute Gasteiger partial charge is 0.276 e. The number of nitrogens with one attached hydrogen (secondary N) is 1. The van der Waals surface area contributed by atoms with Gasteiger partial charge in [0.1, 0.15) is 5.69 Å². The van der Waals surface area contributed by atoms with Crippen LogP contribution in [-0.4, -0.2) is 64.4 Å². The number of aromatic amines is 1. The van der Waals surface area contributed by atoms with Crippen molar-refractivity contribution >= 4 is 10.2 Å². The molecule has 1 fully saturated rings. The number of aromatic nitrogens is 4.